The Kier molecular flexibility index (Phi) is 2.09. The summed E-state index contributed by atoms with van der Waals surface area (Å²) in [6, 6.07) is 5.86. The molecule has 0 bridgehead atoms. The second-order valence-electron chi connectivity index (χ2n) is 3.03. The van der Waals surface area contributed by atoms with Gasteiger partial charge in [0.1, 0.15) is 5.65 Å². The minimum Gasteiger partial charge on any atom is -0.323 e. The molecule has 0 aliphatic rings. The average molecular weight is 240 g/mol. The number of imidazole rings is 1. The van der Waals surface area contributed by atoms with E-state index in [0.29, 0.717) is 0 Å². The van der Waals surface area contributed by atoms with Gasteiger partial charge in [0.15, 0.2) is 0 Å². The Labute approximate surface area is 84.7 Å². The van der Waals surface area contributed by atoms with Crippen LogP contribution in [0.4, 0.5) is 0 Å². The highest BCUT2D eigenvalue weighted by Gasteiger charge is 2.06. The highest BCUT2D eigenvalue weighted by Crippen LogP contribution is 2.16. The summed E-state index contributed by atoms with van der Waals surface area (Å²) >= 11 is 3.44. The topological polar surface area (TPSA) is 43.3 Å². The third kappa shape index (κ3) is 1.47. The zero-order valence-corrected chi connectivity index (χ0v) is 8.82. The lowest BCUT2D eigenvalue weighted by molar-refractivity contribution is 0.790. The fraction of sp³-hybridized carbons (Fsp3) is 0.222. The maximum absolute atomic E-state index is 5.74. The molecule has 1 atom stereocenters. The zero-order chi connectivity index (χ0) is 9.42. The lowest BCUT2D eigenvalue weighted by Crippen LogP contribution is -2.04. The fourth-order valence-electron chi connectivity index (χ4n) is 1.22. The van der Waals surface area contributed by atoms with E-state index in [4.69, 9.17) is 5.73 Å². The van der Waals surface area contributed by atoms with E-state index >= 15 is 0 Å². The molecule has 0 saturated carbocycles. The molecule has 13 heavy (non-hydrogen) atoms. The van der Waals surface area contributed by atoms with Crippen LogP contribution >= 0.6 is 15.9 Å². The van der Waals surface area contributed by atoms with Crippen LogP contribution in [0.3, 0.4) is 0 Å². The normalized spacial score (nSPS) is 13.5. The third-order valence-corrected chi connectivity index (χ3v) is 2.57. The lowest BCUT2D eigenvalue weighted by Gasteiger charge is -1.96. The molecule has 0 fully saturated rings. The maximum atomic E-state index is 5.74. The van der Waals surface area contributed by atoms with Gasteiger partial charge in [-0.15, -0.1) is 0 Å². The van der Waals surface area contributed by atoms with Crippen molar-refractivity contribution in [1.29, 1.82) is 0 Å². The molecule has 0 saturated heterocycles. The quantitative estimate of drug-likeness (QED) is 0.776. The van der Waals surface area contributed by atoms with E-state index in [0.717, 1.165) is 15.9 Å². The Morgan fingerprint density at radius 1 is 1.54 bits per heavy atom. The Bertz CT molecular complexity index is 433. The van der Waals surface area contributed by atoms with Crippen molar-refractivity contribution in [2.24, 2.45) is 5.73 Å². The minimum absolute atomic E-state index is 0.0215. The summed E-state index contributed by atoms with van der Waals surface area (Å²) in [4.78, 5) is 4.38. The summed E-state index contributed by atoms with van der Waals surface area (Å²) < 4.78 is 2.96. The molecule has 0 radical (unpaired) electrons. The highest BCUT2D eigenvalue weighted by molar-refractivity contribution is 9.10. The van der Waals surface area contributed by atoms with Crippen molar-refractivity contribution >= 4 is 21.6 Å². The van der Waals surface area contributed by atoms with Crippen LogP contribution < -0.4 is 5.73 Å². The SMILES string of the molecule is C[C@@H](N)c1cn2c(Br)cccc2n1. The van der Waals surface area contributed by atoms with Crippen LogP contribution in [0.25, 0.3) is 5.65 Å². The molecule has 2 rings (SSSR count). The molecule has 0 aromatic carbocycles. The Morgan fingerprint density at radius 2 is 2.31 bits per heavy atom. The van der Waals surface area contributed by atoms with Crippen LogP contribution in [0.1, 0.15) is 18.7 Å². The van der Waals surface area contributed by atoms with Crippen molar-refractivity contribution in [3.05, 3.63) is 34.7 Å². The lowest BCUT2D eigenvalue weighted by atomic mass is 10.3. The number of nitrogens with zero attached hydrogens (tertiary/aromatic N) is 2. The van der Waals surface area contributed by atoms with Crippen LogP contribution in [0.15, 0.2) is 29.0 Å². The van der Waals surface area contributed by atoms with Gasteiger partial charge in [0.2, 0.25) is 0 Å². The number of hydrogen-bond donors (Lipinski definition) is 1. The molecule has 3 nitrogen and oxygen atoms in total. The van der Waals surface area contributed by atoms with E-state index in [2.05, 4.69) is 20.9 Å². The number of rotatable bonds is 1. The molecule has 2 aromatic heterocycles. The van der Waals surface area contributed by atoms with Gasteiger partial charge in [-0.1, -0.05) is 6.07 Å². The monoisotopic (exact) mass is 239 g/mol. The van der Waals surface area contributed by atoms with E-state index in [1.807, 2.05) is 35.7 Å². The van der Waals surface area contributed by atoms with Crippen LogP contribution in [0, 0.1) is 0 Å². The van der Waals surface area contributed by atoms with Gasteiger partial charge in [0.25, 0.3) is 0 Å². The smallest absolute Gasteiger partial charge is 0.137 e. The minimum atomic E-state index is -0.0215. The molecule has 0 spiro atoms. The first kappa shape index (κ1) is 8.72. The number of nitrogens with two attached hydrogens (primary N) is 1. The van der Waals surface area contributed by atoms with Crippen molar-refractivity contribution in [2.45, 2.75) is 13.0 Å². The molecule has 2 N–H and O–H groups in total. The predicted octanol–water partition coefficient (Wildman–Crippen LogP) is 2.12. The van der Waals surface area contributed by atoms with Crippen molar-refractivity contribution in [3.63, 3.8) is 0 Å². The van der Waals surface area contributed by atoms with Crippen molar-refractivity contribution < 1.29 is 0 Å². The van der Waals surface area contributed by atoms with Gasteiger partial charge in [-0.2, -0.15) is 0 Å². The van der Waals surface area contributed by atoms with E-state index in [1.54, 1.807) is 0 Å². The summed E-state index contributed by atoms with van der Waals surface area (Å²) in [7, 11) is 0. The summed E-state index contributed by atoms with van der Waals surface area (Å²) in [5, 5.41) is 0. The van der Waals surface area contributed by atoms with Gasteiger partial charge in [0, 0.05) is 12.2 Å². The first-order chi connectivity index (χ1) is 6.18. The molecule has 0 aliphatic carbocycles. The summed E-state index contributed by atoms with van der Waals surface area (Å²) in [6.07, 6.45) is 1.95. The third-order valence-electron chi connectivity index (χ3n) is 1.93. The van der Waals surface area contributed by atoms with Crippen LogP contribution in [0.5, 0.6) is 0 Å². The Balaban J connectivity index is 2.68. The van der Waals surface area contributed by atoms with Crippen molar-refractivity contribution in [3.8, 4) is 0 Å². The average Bonchev–Trinajstić information content (AvgIpc) is 2.49. The number of pyridine rings is 1. The molecule has 0 unspecified atom stereocenters. The molecule has 2 heterocycles. The highest BCUT2D eigenvalue weighted by atomic mass is 79.9. The number of fused-ring (bicyclic) bond motifs is 1. The first-order valence-corrected chi connectivity index (χ1v) is 4.87. The molecular weight excluding hydrogens is 230 g/mol. The summed E-state index contributed by atoms with van der Waals surface area (Å²) in [5.74, 6) is 0. The fourth-order valence-corrected chi connectivity index (χ4v) is 1.65. The van der Waals surface area contributed by atoms with E-state index in [9.17, 15) is 0 Å². The van der Waals surface area contributed by atoms with E-state index < -0.39 is 0 Å². The zero-order valence-electron chi connectivity index (χ0n) is 7.24. The van der Waals surface area contributed by atoms with Crippen LogP contribution in [-0.4, -0.2) is 9.38 Å². The van der Waals surface area contributed by atoms with Crippen LogP contribution in [-0.2, 0) is 0 Å². The van der Waals surface area contributed by atoms with E-state index in [-0.39, 0.29) is 6.04 Å². The Morgan fingerprint density at radius 3 is 2.92 bits per heavy atom. The van der Waals surface area contributed by atoms with Gasteiger partial charge in [-0.25, -0.2) is 4.98 Å². The maximum Gasteiger partial charge on any atom is 0.137 e. The van der Waals surface area contributed by atoms with Crippen molar-refractivity contribution in [1.82, 2.24) is 9.38 Å². The van der Waals surface area contributed by atoms with Gasteiger partial charge in [-0.3, -0.25) is 4.40 Å². The molecule has 0 aliphatic heterocycles. The number of hydrogen-bond acceptors (Lipinski definition) is 2. The van der Waals surface area contributed by atoms with Crippen molar-refractivity contribution in [2.75, 3.05) is 0 Å². The van der Waals surface area contributed by atoms with Gasteiger partial charge >= 0.3 is 0 Å². The standard InChI is InChI=1S/C9H10BrN3/c1-6(11)7-5-13-8(10)3-2-4-9(13)12-7/h2-6H,11H2,1H3/t6-/m1/s1. The van der Waals surface area contributed by atoms with Gasteiger partial charge in [-0.05, 0) is 35.0 Å². The summed E-state index contributed by atoms with van der Waals surface area (Å²) in [6.45, 7) is 1.93. The first-order valence-electron chi connectivity index (χ1n) is 4.07. The second kappa shape index (κ2) is 3.12. The summed E-state index contributed by atoms with van der Waals surface area (Å²) in [5.41, 5.74) is 7.56. The predicted molar refractivity (Wildman–Crippen MR) is 55.5 cm³/mol. The largest absolute Gasteiger partial charge is 0.323 e. The number of halogens is 1. The molecule has 2 aromatic rings. The van der Waals surface area contributed by atoms with Gasteiger partial charge in [0.05, 0.1) is 10.3 Å². The number of aromatic nitrogens is 2. The molecule has 68 valence electrons. The van der Waals surface area contributed by atoms with Crippen LogP contribution in [0.2, 0.25) is 0 Å². The Hall–Kier alpha value is -0.870. The molecular formula is C9H10BrN3. The molecule has 4 heteroatoms. The second-order valence-corrected chi connectivity index (χ2v) is 3.84. The molecule has 0 amide bonds. The van der Waals surface area contributed by atoms with E-state index in [1.165, 1.54) is 0 Å². The van der Waals surface area contributed by atoms with Gasteiger partial charge < -0.3 is 5.73 Å².